The molecule has 0 radical (unpaired) electrons. The van der Waals surface area contributed by atoms with Gasteiger partial charge in [-0.1, -0.05) is 59.8 Å². The number of likely N-dealkylation sites (N-methyl/N-ethyl adjacent to an activating group) is 1. The van der Waals surface area contributed by atoms with E-state index in [9.17, 15) is 14.9 Å². The molecule has 2 aromatic rings. The Bertz CT molecular complexity index is 930. The Morgan fingerprint density at radius 1 is 1.19 bits per heavy atom. The standard InChI is InChI=1S/C21H19N3O2S/c1-14-8-10-16(11-9-14)24-20(26)18(12-15-6-4-3-5-7-15)27-21(24)17(13-22)19(25)23-2/h3-11,18H,12H2,1-2H3,(H,23,25)/b21-17-. The van der Waals surface area contributed by atoms with Crippen LogP contribution in [0.1, 0.15) is 11.1 Å². The molecule has 0 bridgehead atoms. The van der Waals surface area contributed by atoms with E-state index in [2.05, 4.69) is 5.32 Å². The highest BCUT2D eigenvalue weighted by Crippen LogP contribution is 2.41. The fraction of sp³-hybridized carbons (Fsp3) is 0.190. The lowest BCUT2D eigenvalue weighted by molar-refractivity contribution is -0.117. The molecule has 0 aliphatic carbocycles. The Kier molecular flexibility index (Phi) is 5.63. The molecule has 0 aromatic heterocycles. The number of anilines is 1. The third-order valence-corrected chi connectivity index (χ3v) is 5.55. The highest BCUT2D eigenvalue weighted by Gasteiger charge is 2.40. The van der Waals surface area contributed by atoms with Crippen LogP contribution in [0.5, 0.6) is 0 Å². The second kappa shape index (κ2) is 8.11. The third-order valence-electron chi connectivity index (χ3n) is 4.29. The molecule has 1 saturated heterocycles. The number of aryl methyl sites for hydroxylation is 1. The van der Waals surface area contributed by atoms with Crippen LogP contribution in [0.2, 0.25) is 0 Å². The minimum atomic E-state index is -0.495. The minimum Gasteiger partial charge on any atom is -0.354 e. The Morgan fingerprint density at radius 3 is 2.44 bits per heavy atom. The summed E-state index contributed by atoms with van der Waals surface area (Å²) < 4.78 is 0. The van der Waals surface area contributed by atoms with Gasteiger partial charge >= 0.3 is 0 Å². The molecular formula is C21H19N3O2S. The molecule has 1 atom stereocenters. The van der Waals surface area contributed by atoms with Crippen molar-refractivity contribution in [2.75, 3.05) is 11.9 Å². The molecule has 136 valence electrons. The van der Waals surface area contributed by atoms with Crippen molar-refractivity contribution in [3.8, 4) is 6.07 Å². The highest BCUT2D eigenvalue weighted by atomic mass is 32.2. The van der Waals surface area contributed by atoms with Crippen molar-refractivity contribution < 1.29 is 9.59 Å². The van der Waals surface area contributed by atoms with Crippen LogP contribution in [0.25, 0.3) is 0 Å². The zero-order chi connectivity index (χ0) is 19.4. The maximum Gasteiger partial charge on any atom is 0.264 e. The first kappa shape index (κ1) is 18.7. The third kappa shape index (κ3) is 3.88. The van der Waals surface area contributed by atoms with E-state index in [1.54, 1.807) is 0 Å². The summed E-state index contributed by atoms with van der Waals surface area (Å²) in [6.45, 7) is 1.96. The van der Waals surface area contributed by atoms with E-state index in [-0.39, 0.29) is 11.5 Å². The first-order valence-corrected chi connectivity index (χ1v) is 9.40. The van der Waals surface area contributed by atoms with Gasteiger partial charge in [0.05, 0.1) is 5.25 Å². The summed E-state index contributed by atoms with van der Waals surface area (Å²) >= 11 is 1.27. The predicted molar refractivity (Wildman–Crippen MR) is 107 cm³/mol. The maximum atomic E-state index is 13.2. The fourth-order valence-electron chi connectivity index (χ4n) is 2.87. The van der Waals surface area contributed by atoms with E-state index < -0.39 is 11.2 Å². The highest BCUT2D eigenvalue weighted by molar-refractivity contribution is 8.05. The van der Waals surface area contributed by atoms with Crippen LogP contribution in [0, 0.1) is 18.3 Å². The fourth-order valence-corrected chi connectivity index (χ4v) is 4.18. The van der Waals surface area contributed by atoms with Crippen LogP contribution in [-0.4, -0.2) is 24.1 Å². The number of nitriles is 1. The van der Waals surface area contributed by atoms with Crippen molar-refractivity contribution in [1.82, 2.24) is 5.32 Å². The van der Waals surface area contributed by atoms with Crippen LogP contribution in [-0.2, 0) is 16.0 Å². The molecule has 1 unspecified atom stereocenters. The molecule has 3 rings (SSSR count). The van der Waals surface area contributed by atoms with Gasteiger partial charge < -0.3 is 5.32 Å². The van der Waals surface area contributed by atoms with E-state index in [1.807, 2.05) is 67.6 Å². The summed E-state index contributed by atoms with van der Waals surface area (Å²) in [4.78, 5) is 26.8. The van der Waals surface area contributed by atoms with E-state index in [0.717, 1.165) is 11.1 Å². The first-order chi connectivity index (χ1) is 13.0. The van der Waals surface area contributed by atoms with E-state index >= 15 is 0 Å². The number of hydrogen-bond acceptors (Lipinski definition) is 4. The largest absolute Gasteiger partial charge is 0.354 e. The van der Waals surface area contributed by atoms with E-state index in [1.165, 1.54) is 23.7 Å². The summed E-state index contributed by atoms with van der Waals surface area (Å²) in [5.74, 6) is -0.621. The van der Waals surface area contributed by atoms with Gasteiger partial charge in [-0.2, -0.15) is 5.26 Å². The number of thioether (sulfide) groups is 1. The van der Waals surface area contributed by atoms with Crippen LogP contribution >= 0.6 is 11.8 Å². The normalized spacial score (nSPS) is 18.2. The molecule has 1 aliphatic heterocycles. The van der Waals surface area contributed by atoms with E-state index in [0.29, 0.717) is 17.1 Å². The molecule has 6 heteroatoms. The van der Waals surface area contributed by atoms with Gasteiger partial charge in [0.2, 0.25) is 5.91 Å². The van der Waals surface area contributed by atoms with Crippen molar-refractivity contribution in [3.63, 3.8) is 0 Å². The lowest BCUT2D eigenvalue weighted by atomic mass is 10.1. The molecule has 0 spiro atoms. The summed E-state index contributed by atoms with van der Waals surface area (Å²) in [5.41, 5.74) is 2.70. The van der Waals surface area contributed by atoms with Crippen LogP contribution in [0.4, 0.5) is 5.69 Å². The van der Waals surface area contributed by atoms with Crippen molar-refractivity contribution in [2.45, 2.75) is 18.6 Å². The number of nitrogens with one attached hydrogen (secondary N) is 1. The maximum absolute atomic E-state index is 13.2. The summed E-state index contributed by atoms with van der Waals surface area (Å²) in [5, 5.41) is 12.0. The van der Waals surface area contributed by atoms with Gasteiger partial charge in [-0.05, 0) is 31.0 Å². The Morgan fingerprint density at radius 2 is 1.85 bits per heavy atom. The second-order valence-electron chi connectivity index (χ2n) is 6.18. The molecule has 5 nitrogen and oxygen atoms in total. The first-order valence-electron chi connectivity index (χ1n) is 8.53. The Labute approximate surface area is 162 Å². The molecular weight excluding hydrogens is 358 g/mol. The summed E-state index contributed by atoms with van der Waals surface area (Å²) in [6, 6.07) is 19.2. The van der Waals surface area contributed by atoms with Gasteiger partial charge in [-0.3, -0.25) is 14.5 Å². The quantitative estimate of drug-likeness (QED) is 0.656. The number of nitrogens with zero attached hydrogens (tertiary/aromatic N) is 2. The lowest BCUT2D eigenvalue weighted by Crippen LogP contribution is -2.31. The number of rotatable bonds is 4. The molecule has 1 heterocycles. The van der Waals surface area contributed by atoms with Gasteiger partial charge in [0.25, 0.3) is 5.91 Å². The molecule has 0 saturated carbocycles. The van der Waals surface area contributed by atoms with Crippen LogP contribution < -0.4 is 10.2 Å². The average Bonchev–Trinajstić information content (AvgIpc) is 3.00. The monoisotopic (exact) mass is 377 g/mol. The zero-order valence-corrected chi connectivity index (χ0v) is 15.9. The Hall–Kier alpha value is -3.04. The van der Waals surface area contributed by atoms with Crippen LogP contribution in [0.15, 0.2) is 65.2 Å². The molecule has 2 amide bonds. The van der Waals surface area contributed by atoms with Gasteiger partial charge in [-0.15, -0.1) is 0 Å². The van der Waals surface area contributed by atoms with Gasteiger partial charge in [0.1, 0.15) is 16.7 Å². The molecule has 1 fully saturated rings. The predicted octanol–water partition coefficient (Wildman–Crippen LogP) is 3.17. The lowest BCUT2D eigenvalue weighted by Gasteiger charge is -2.18. The summed E-state index contributed by atoms with van der Waals surface area (Å²) in [7, 11) is 1.47. The SMILES string of the molecule is CNC(=O)/C(C#N)=C1\SC(Cc2ccccc2)C(=O)N1c1ccc(C)cc1. The molecule has 2 aromatic carbocycles. The minimum absolute atomic E-state index is 0.0491. The van der Waals surface area contributed by atoms with Crippen molar-refractivity contribution in [3.05, 3.63) is 76.3 Å². The van der Waals surface area contributed by atoms with Crippen LogP contribution in [0.3, 0.4) is 0 Å². The molecule has 27 heavy (non-hydrogen) atoms. The van der Waals surface area contributed by atoms with Crippen molar-refractivity contribution >= 4 is 29.3 Å². The molecule has 1 N–H and O–H groups in total. The van der Waals surface area contributed by atoms with Gasteiger partial charge in [-0.25, -0.2) is 0 Å². The van der Waals surface area contributed by atoms with Gasteiger partial charge in [0.15, 0.2) is 0 Å². The number of carbonyl (C=O) groups is 2. The zero-order valence-electron chi connectivity index (χ0n) is 15.1. The second-order valence-corrected chi connectivity index (χ2v) is 7.37. The average molecular weight is 377 g/mol. The number of benzene rings is 2. The number of hydrogen-bond donors (Lipinski definition) is 1. The summed E-state index contributed by atoms with van der Waals surface area (Å²) in [6.07, 6.45) is 0.530. The topological polar surface area (TPSA) is 73.2 Å². The van der Waals surface area contributed by atoms with E-state index in [4.69, 9.17) is 0 Å². The number of carbonyl (C=O) groups excluding carboxylic acids is 2. The van der Waals surface area contributed by atoms with Gasteiger partial charge in [0, 0.05) is 12.7 Å². The van der Waals surface area contributed by atoms with Crippen molar-refractivity contribution in [1.29, 1.82) is 5.26 Å². The van der Waals surface area contributed by atoms with Crippen molar-refractivity contribution in [2.24, 2.45) is 0 Å². The smallest absolute Gasteiger partial charge is 0.264 e. The number of amides is 2. The Balaban J connectivity index is 2.04. The molecule has 1 aliphatic rings.